The van der Waals surface area contributed by atoms with Crippen LogP contribution in [-0.4, -0.2) is 25.0 Å². The molecule has 1 fully saturated rings. The van der Waals surface area contributed by atoms with Crippen LogP contribution in [0.15, 0.2) is 53.4 Å². The van der Waals surface area contributed by atoms with Gasteiger partial charge in [0.1, 0.15) is 0 Å². The van der Waals surface area contributed by atoms with Crippen LogP contribution in [0.5, 0.6) is 0 Å². The lowest BCUT2D eigenvalue weighted by Crippen LogP contribution is -2.30. The maximum absolute atomic E-state index is 12.9. The summed E-state index contributed by atoms with van der Waals surface area (Å²) in [6.07, 6.45) is 0. The molecule has 1 atom stereocenters. The summed E-state index contributed by atoms with van der Waals surface area (Å²) in [5.41, 5.74) is 2.60. The zero-order chi connectivity index (χ0) is 16.4. The monoisotopic (exact) mass is 344 g/mol. The predicted molar refractivity (Wildman–Crippen MR) is 91.4 cm³/mol. The molecule has 1 aliphatic heterocycles. The molecular weight excluding hydrogens is 328 g/mol. The van der Waals surface area contributed by atoms with Gasteiger partial charge in [-0.3, -0.25) is 0 Å². The van der Waals surface area contributed by atoms with Crippen LogP contribution in [0.25, 0.3) is 0 Å². The van der Waals surface area contributed by atoms with E-state index >= 15 is 0 Å². The quantitative estimate of drug-likeness (QED) is 0.857. The van der Waals surface area contributed by atoms with Crippen LogP contribution in [0, 0.1) is 18.3 Å². The van der Waals surface area contributed by atoms with Crippen molar-refractivity contribution in [1.82, 2.24) is 4.31 Å². The van der Waals surface area contributed by atoms with Gasteiger partial charge in [0.25, 0.3) is 0 Å². The van der Waals surface area contributed by atoms with Crippen LogP contribution >= 0.6 is 11.8 Å². The molecule has 6 heteroatoms. The number of hydrogen-bond donors (Lipinski definition) is 0. The Morgan fingerprint density at radius 3 is 2.39 bits per heavy atom. The molecule has 23 heavy (non-hydrogen) atoms. The van der Waals surface area contributed by atoms with Crippen molar-refractivity contribution in [3.05, 3.63) is 65.2 Å². The highest BCUT2D eigenvalue weighted by molar-refractivity contribution is 8.01. The van der Waals surface area contributed by atoms with Gasteiger partial charge in [-0.15, -0.1) is 11.8 Å². The molecule has 0 N–H and O–H groups in total. The molecule has 1 saturated heterocycles. The van der Waals surface area contributed by atoms with E-state index in [0.29, 0.717) is 12.1 Å². The van der Waals surface area contributed by atoms with Crippen molar-refractivity contribution in [3.8, 4) is 6.07 Å². The van der Waals surface area contributed by atoms with E-state index in [4.69, 9.17) is 5.26 Å². The van der Waals surface area contributed by atoms with Crippen LogP contribution in [0.1, 0.15) is 22.1 Å². The number of hydrogen-bond acceptors (Lipinski definition) is 4. The van der Waals surface area contributed by atoms with Crippen LogP contribution in [-0.2, 0) is 10.0 Å². The highest BCUT2D eigenvalue weighted by atomic mass is 32.2. The van der Waals surface area contributed by atoms with Gasteiger partial charge in [0.15, 0.2) is 0 Å². The van der Waals surface area contributed by atoms with Gasteiger partial charge >= 0.3 is 0 Å². The maximum atomic E-state index is 12.9. The van der Waals surface area contributed by atoms with E-state index in [9.17, 15) is 8.42 Å². The molecule has 0 amide bonds. The third kappa shape index (κ3) is 3.13. The zero-order valence-electron chi connectivity index (χ0n) is 12.6. The SMILES string of the molecule is Cc1ccc(C2SCCN2S(=O)(=O)c2ccc(C#N)cc2)cc1. The summed E-state index contributed by atoms with van der Waals surface area (Å²) in [6.45, 7) is 2.50. The Morgan fingerprint density at radius 2 is 1.78 bits per heavy atom. The standard InChI is InChI=1S/C17H16N2O2S2/c1-13-2-6-15(7-3-13)17-19(10-11-22-17)23(20,21)16-8-4-14(12-18)5-9-16/h2-9,17H,10-11H2,1H3. The molecule has 0 radical (unpaired) electrons. The Labute approximate surface area is 140 Å². The van der Waals surface area contributed by atoms with Crippen LogP contribution in [0.2, 0.25) is 0 Å². The fourth-order valence-electron chi connectivity index (χ4n) is 2.53. The molecular formula is C17H16N2O2S2. The average Bonchev–Trinajstić information content (AvgIpc) is 3.06. The topological polar surface area (TPSA) is 61.2 Å². The minimum absolute atomic E-state index is 0.198. The number of sulfonamides is 1. The summed E-state index contributed by atoms with van der Waals surface area (Å²) in [6, 6.07) is 16.1. The highest BCUT2D eigenvalue weighted by Gasteiger charge is 2.36. The summed E-state index contributed by atoms with van der Waals surface area (Å²) < 4.78 is 27.4. The minimum atomic E-state index is -3.57. The Morgan fingerprint density at radius 1 is 1.13 bits per heavy atom. The third-order valence-corrected chi connectivity index (χ3v) is 7.07. The van der Waals surface area contributed by atoms with Gasteiger partial charge in [0.2, 0.25) is 10.0 Å². The van der Waals surface area contributed by atoms with Gasteiger partial charge in [-0.05, 0) is 36.8 Å². The maximum Gasteiger partial charge on any atom is 0.244 e. The van der Waals surface area contributed by atoms with Crippen molar-refractivity contribution in [3.63, 3.8) is 0 Å². The Bertz CT molecular complexity index is 838. The van der Waals surface area contributed by atoms with Crippen molar-refractivity contribution < 1.29 is 8.42 Å². The molecule has 118 valence electrons. The molecule has 2 aromatic carbocycles. The van der Waals surface area contributed by atoms with Crippen LogP contribution in [0.3, 0.4) is 0 Å². The van der Waals surface area contributed by atoms with Crippen molar-refractivity contribution in [1.29, 1.82) is 5.26 Å². The summed E-state index contributed by atoms with van der Waals surface area (Å²) >= 11 is 1.63. The first-order valence-corrected chi connectivity index (χ1v) is 9.71. The smallest absolute Gasteiger partial charge is 0.207 e. The van der Waals surface area contributed by atoms with E-state index in [0.717, 1.165) is 16.9 Å². The number of rotatable bonds is 3. The van der Waals surface area contributed by atoms with Gasteiger partial charge in [-0.25, -0.2) is 8.42 Å². The zero-order valence-corrected chi connectivity index (χ0v) is 14.3. The molecule has 0 aromatic heterocycles. The Kier molecular flexibility index (Phi) is 4.44. The summed E-state index contributed by atoms with van der Waals surface area (Å²) in [7, 11) is -3.57. The highest BCUT2D eigenvalue weighted by Crippen LogP contribution is 2.41. The van der Waals surface area contributed by atoms with Gasteiger partial charge < -0.3 is 0 Å². The second-order valence-electron chi connectivity index (χ2n) is 5.39. The van der Waals surface area contributed by atoms with E-state index in [1.54, 1.807) is 16.1 Å². The van der Waals surface area contributed by atoms with Crippen LogP contribution < -0.4 is 0 Å². The normalized spacial score (nSPS) is 18.7. The average molecular weight is 344 g/mol. The molecule has 1 heterocycles. The van der Waals surface area contributed by atoms with E-state index in [1.165, 1.54) is 24.3 Å². The Hall–Kier alpha value is -1.81. The van der Waals surface area contributed by atoms with Gasteiger partial charge in [0.05, 0.1) is 21.9 Å². The fourth-order valence-corrected chi connectivity index (χ4v) is 5.77. The number of nitrogens with zero attached hydrogens (tertiary/aromatic N) is 2. The molecule has 0 spiro atoms. The van der Waals surface area contributed by atoms with Crippen molar-refractivity contribution in [2.75, 3.05) is 12.3 Å². The molecule has 0 saturated carbocycles. The number of nitriles is 1. The van der Waals surface area contributed by atoms with E-state index in [1.807, 2.05) is 37.3 Å². The molecule has 2 aromatic rings. The van der Waals surface area contributed by atoms with Crippen molar-refractivity contribution in [2.45, 2.75) is 17.2 Å². The number of benzene rings is 2. The van der Waals surface area contributed by atoms with Gasteiger partial charge in [-0.1, -0.05) is 29.8 Å². The summed E-state index contributed by atoms with van der Waals surface area (Å²) in [5.74, 6) is 0.772. The lowest BCUT2D eigenvalue weighted by atomic mass is 10.1. The third-order valence-electron chi connectivity index (χ3n) is 3.80. The number of aryl methyl sites for hydroxylation is 1. The lowest BCUT2D eigenvalue weighted by Gasteiger charge is -2.23. The summed E-state index contributed by atoms with van der Waals surface area (Å²) in [4.78, 5) is 0.233. The van der Waals surface area contributed by atoms with Crippen LogP contribution in [0.4, 0.5) is 0 Å². The van der Waals surface area contributed by atoms with Crippen molar-refractivity contribution in [2.24, 2.45) is 0 Å². The lowest BCUT2D eigenvalue weighted by molar-refractivity contribution is 0.434. The molecule has 3 rings (SSSR count). The van der Waals surface area contributed by atoms with E-state index < -0.39 is 10.0 Å². The molecule has 0 bridgehead atoms. The van der Waals surface area contributed by atoms with Gasteiger partial charge in [0, 0.05) is 12.3 Å². The van der Waals surface area contributed by atoms with E-state index in [2.05, 4.69) is 0 Å². The minimum Gasteiger partial charge on any atom is -0.207 e. The first-order chi connectivity index (χ1) is 11.0. The first kappa shape index (κ1) is 16.1. The molecule has 1 aliphatic rings. The van der Waals surface area contributed by atoms with E-state index in [-0.39, 0.29) is 10.3 Å². The van der Waals surface area contributed by atoms with Crippen molar-refractivity contribution >= 4 is 21.8 Å². The molecule has 1 unspecified atom stereocenters. The fraction of sp³-hybridized carbons (Fsp3) is 0.235. The Balaban J connectivity index is 1.94. The molecule has 4 nitrogen and oxygen atoms in total. The summed E-state index contributed by atoms with van der Waals surface area (Å²) in [5, 5.41) is 8.64. The second kappa shape index (κ2) is 6.36. The number of thioether (sulfide) groups is 1. The first-order valence-electron chi connectivity index (χ1n) is 7.22. The molecule has 0 aliphatic carbocycles. The van der Waals surface area contributed by atoms with Gasteiger partial charge in [-0.2, -0.15) is 9.57 Å². The largest absolute Gasteiger partial charge is 0.244 e. The predicted octanol–water partition coefficient (Wildman–Crippen LogP) is 3.30. The second-order valence-corrected chi connectivity index (χ2v) is 8.46.